The molecule has 19 heavy (non-hydrogen) atoms. The number of hydrogen-bond donors (Lipinski definition) is 2. The first-order chi connectivity index (χ1) is 9.22. The van der Waals surface area contributed by atoms with Crippen molar-refractivity contribution in [3.05, 3.63) is 29.8 Å². The van der Waals surface area contributed by atoms with Crippen LogP contribution < -0.4 is 15.4 Å². The molecule has 1 aliphatic heterocycles. The largest absolute Gasteiger partial charge is 0.497 e. The molecule has 1 aromatic carbocycles. The van der Waals surface area contributed by atoms with Crippen molar-refractivity contribution in [2.45, 2.75) is 43.8 Å². The van der Waals surface area contributed by atoms with Crippen LogP contribution in [0, 0.1) is 0 Å². The lowest BCUT2D eigenvalue weighted by molar-refractivity contribution is -0.120. The second kappa shape index (κ2) is 4.85. The lowest BCUT2D eigenvalue weighted by Gasteiger charge is -2.43. The molecule has 2 fully saturated rings. The van der Waals surface area contributed by atoms with Crippen LogP contribution in [0.1, 0.15) is 31.2 Å². The summed E-state index contributed by atoms with van der Waals surface area (Å²) in [6.07, 6.45) is 4.05. The molecule has 4 nitrogen and oxygen atoms in total. The first-order valence-corrected chi connectivity index (χ1v) is 6.89. The van der Waals surface area contributed by atoms with E-state index in [9.17, 15) is 4.79 Å². The molecule has 1 atom stereocenters. The minimum atomic E-state index is 0.0452. The number of carbonyl (C=O) groups excluding carboxylic acids is 1. The molecule has 1 heterocycles. The third kappa shape index (κ3) is 2.32. The third-order valence-electron chi connectivity index (χ3n) is 4.40. The van der Waals surface area contributed by atoms with E-state index >= 15 is 0 Å². The van der Waals surface area contributed by atoms with Gasteiger partial charge in [0, 0.05) is 19.0 Å². The van der Waals surface area contributed by atoms with Crippen molar-refractivity contribution in [1.82, 2.24) is 10.6 Å². The molecule has 102 valence electrons. The molecule has 1 spiro atoms. The van der Waals surface area contributed by atoms with Crippen LogP contribution in [0.2, 0.25) is 0 Å². The predicted octanol–water partition coefficient (Wildman–Crippen LogP) is 1.60. The smallest absolute Gasteiger partial charge is 0.222 e. The van der Waals surface area contributed by atoms with Gasteiger partial charge in [-0.1, -0.05) is 12.1 Å². The Bertz CT molecular complexity index is 466. The van der Waals surface area contributed by atoms with E-state index in [1.54, 1.807) is 7.11 Å². The summed E-state index contributed by atoms with van der Waals surface area (Å²) in [5, 5.41) is 6.68. The number of benzene rings is 1. The van der Waals surface area contributed by atoms with Gasteiger partial charge in [-0.15, -0.1) is 0 Å². The normalized spacial score (nSPS) is 24.1. The molecule has 1 amide bonds. The Hall–Kier alpha value is -1.55. The van der Waals surface area contributed by atoms with Crippen LogP contribution in [0.25, 0.3) is 0 Å². The van der Waals surface area contributed by atoms with Gasteiger partial charge in [0.25, 0.3) is 0 Å². The van der Waals surface area contributed by atoms with Crippen molar-refractivity contribution in [1.29, 1.82) is 0 Å². The van der Waals surface area contributed by atoms with Gasteiger partial charge in [-0.3, -0.25) is 4.79 Å². The van der Waals surface area contributed by atoms with Crippen LogP contribution >= 0.6 is 0 Å². The van der Waals surface area contributed by atoms with Gasteiger partial charge in [0.2, 0.25) is 5.91 Å². The summed E-state index contributed by atoms with van der Waals surface area (Å²) < 4.78 is 5.15. The van der Waals surface area contributed by atoms with Gasteiger partial charge in [0.05, 0.1) is 12.6 Å². The molecule has 1 unspecified atom stereocenters. The van der Waals surface area contributed by atoms with E-state index < -0.39 is 0 Å². The van der Waals surface area contributed by atoms with Crippen LogP contribution in [0.3, 0.4) is 0 Å². The Kier molecular flexibility index (Phi) is 3.19. The van der Waals surface area contributed by atoms with E-state index in [1.165, 1.54) is 12.0 Å². The molecule has 1 aliphatic carbocycles. The highest BCUT2D eigenvalue weighted by atomic mass is 16.5. The monoisotopic (exact) mass is 260 g/mol. The van der Waals surface area contributed by atoms with Gasteiger partial charge < -0.3 is 15.4 Å². The second-order valence-corrected chi connectivity index (χ2v) is 5.54. The standard InChI is InChI=1S/C15H20N2O2/c1-19-12-5-3-11(4-6-12)10-16-13-9-14(18)17-15(13)7-2-8-15/h3-6,13,16H,2,7-10H2,1H3,(H,17,18). The summed E-state index contributed by atoms with van der Waals surface area (Å²) in [7, 11) is 1.67. The van der Waals surface area contributed by atoms with E-state index in [0.29, 0.717) is 6.42 Å². The maximum absolute atomic E-state index is 11.6. The Balaban J connectivity index is 1.60. The third-order valence-corrected chi connectivity index (χ3v) is 4.40. The molecule has 1 saturated heterocycles. The fourth-order valence-electron chi connectivity index (χ4n) is 3.08. The fourth-order valence-corrected chi connectivity index (χ4v) is 3.08. The fraction of sp³-hybridized carbons (Fsp3) is 0.533. The van der Waals surface area contributed by atoms with Crippen LogP contribution in [0.15, 0.2) is 24.3 Å². The van der Waals surface area contributed by atoms with Crippen molar-refractivity contribution in [3.63, 3.8) is 0 Å². The highest BCUT2D eigenvalue weighted by Crippen LogP contribution is 2.39. The zero-order chi connectivity index (χ0) is 13.3. The molecule has 1 saturated carbocycles. The van der Waals surface area contributed by atoms with Crippen LogP contribution in [0.4, 0.5) is 0 Å². The average Bonchev–Trinajstić information content (AvgIpc) is 2.74. The quantitative estimate of drug-likeness (QED) is 0.864. The molecule has 3 rings (SSSR count). The molecular formula is C15H20N2O2. The lowest BCUT2D eigenvalue weighted by atomic mass is 9.73. The van der Waals surface area contributed by atoms with Crippen LogP contribution in [-0.2, 0) is 11.3 Å². The SMILES string of the molecule is COc1ccc(CNC2CC(=O)NC23CCC3)cc1. The molecule has 4 heteroatoms. The molecule has 0 bridgehead atoms. The molecule has 0 aromatic heterocycles. The van der Waals surface area contributed by atoms with Crippen molar-refractivity contribution in [2.75, 3.05) is 7.11 Å². The number of ether oxygens (including phenoxy) is 1. The number of nitrogens with one attached hydrogen (secondary N) is 2. The number of rotatable bonds is 4. The van der Waals surface area contributed by atoms with Crippen molar-refractivity contribution in [2.24, 2.45) is 0 Å². The maximum atomic E-state index is 11.6. The van der Waals surface area contributed by atoms with Crippen molar-refractivity contribution >= 4 is 5.91 Å². The van der Waals surface area contributed by atoms with Crippen molar-refractivity contribution in [3.8, 4) is 5.75 Å². The summed E-state index contributed by atoms with van der Waals surface area (Å²) in [5.41, 5.74) is 1.26. The molecule has 1 aromatic rings. The first-order valence-electron chi connectivity index (χ1n) is 6.89. The number of amides is 1. The molecular weight excluding hydrogens is 240 g/mol. The van der Waals surface area contributed by atoms with Crippen molar-refractivity contribution < 1.29 is 9.53 Å². The zero-order valence-electron chi connectivity index (χ0n) is 11.2. The molecule has 0 radical (unpaired) electrons. The molecule has 2 N–H and O–H groups in total. The van der Waals surface area contributed by atoms with Gasteiger partial charge in [-0.2, -0.15) is 0 Å². The number of hydrogen-bond acceptors (Lipinski definition) is 3. The minimum absolute atomic E-state index is 0.0452. The summed E-state index contributed by atoms with van der Waals surface area (Å²) in [4.78, 5) is 11.6. The van der Waals surface area contributed by atoms with E-state index in [1.807, 2.05) is 12.1 Å². The van der Waals surface area contributed by atoms with Gasteiger partial charge in [0.1, 0.15) is 5.75 Å². The number of methoxy groups -OCH3 is 1. The predicted molar refractivity (Wildman–Crippen MR) is 73.0 cm³/mol. The topological polar surface area (TPSA) is 50.4 Å². The number of carbonyl (C=O) groups is 1. The van der Waals surface area contributed by atoms with E-state index in [-0.39, 0.29) is 17.5 Å². The van der Waals surface area contributed by atoms with Crippen LogP contribution in [0.5, 0.6) is 5.75 Å². The molecule has 2 aliphatic rings. The van der Waals surface area contributed by atoms with Gasteiger partial charge in [-0.05, 0) is 37.0 Å². The Morgan fingerprint density at radius 3 is 2.68 bits per heavy atom. The summed E-state index contributed by atoms with van der Waals surface area (Å²) in [5.74, 6) is 1.06. The van der Waals surface area contributed by atoms with Gasteiger partial charge in [0.15, 0.2) is 0 Å². The second-order valence-electron chi connectivity index (χ2n) is 5.54. The van der Waals surface area contributed by atoms with Gasteiger partial charge in [-0.25, -0.2) is 0 Å². The Labute approximate surface area is 113 Å². The first kappa shape index (κ1) is 12.5. The zero-order valence-corrected chi connectivity index (χ0v) is 11.2. The Morgan fingerprint density at radius 2 is 2.11 bits per heavy atom. The van der Waals surface area contributed by atoms with E-state index in [2.05, 4.69) is 22.8 Å². The lowest BCUT2D eigenvalue weighted by Crippen LogP contribution is -2.58. The maximum Gasteiger partial charge on any atom is 0.222 e. The summed E-state index contributed by atoms with van der Waals surface area (Å²) >= 11 is 0. The summed E-state index contributed by atoms with van der Waals surface area (Å²) in [6.45, 7) is 0.797. The van der Waals surface area contributed by atoms with E-state index in [4.69, 9.17) is 4.74 Å². The van der Waals surface area contributed by atoms with Gasteiger partial charge >= 0.3 is 0 Å². The van der Waals surface area contributed by atoms with Crippen LogP contribution in [-0.4, -0.2) is 24.6 Å². The average molecular weight is 260 g/mol. The Morgan fingerprint density at radius 1 is 1.37 bits per heavy atom. The highest BCUT2D eigenvalue weighted by molar-refractivity contribution is 5.81. The minimum Gasteiger partial charge on any atom is -0.497 e. The highest BCUT2D eigenvalue weighted by Gasteiger charge is 2.50. The van der Waals surface area contributed by atoms with E-state index in [0.717, 1.165) is 25.1 Å². The summed E-state index contributed by atoms with van der Waals surface area (Å²) in [6, 6.07) is 8.32.